The van der Waals surface area contributed by atoms with Crippen LogP contribution >= 0.6 is 0 Å². The van der Waals surface area contributed by atoms with Crippen molar-refractivity contribution in [3.8, 4) is 69.0 Å². The molecule has 0 amide bonds. The van der Waals surface area contributed by atoms with Crippen molar-refractivity contribution in [3.63, 3.8) is 0 Å². The summed E-state index contributed by atoms with van der Waals surface area (Å²) in [5.74, 6) is -5.69. The van der Waals surface area contributed by atoms with E-state index >= 15 is 0 Å². The SMILES string of the molecule is Oc1ccc([C@@H]2c3c(O)cc(O)cc3[C@H]3c4c(cc(O)cc4[C@@H]2[C@H]2c4cc(O)cc5c4[C@@H](c4cc(O)cc(O)c4[C@@H]2c2ccc(O)cc2)[C@H](c2ccc(O)cc2)O5)O[C@@H]3c2ccc(O)cc2)cc1. The van der Waals surface area contributed by atoms with Crippen molar-refractivity contribution in [1.82, 2.24) is 0 Å². The van der Waals surface area contributed by atoms with Gasteiger partial charge in [-0.25, -0.2) is 0 Å². The van der Waals surface area contributed by atoms with E-state index in [0.717, 1.165) is 0 Å². The van der Waals surface area contributed by atoms with Crippen molar-refractivity contribution < 1.29 is 60.5 Å². The predicted octanol–water partition coefficient (Wildman–Crippen LogP) is 10.4. The first-order valence-corrected chi connectivity index (χ1v) is 22.2. The molecule has 0 radical (unpaired) electrons. The van der Waals surface area contributed by atoms with E-state index in [9.17, 15) is 51.1 Å². The summed E-state index contributed by atoms with van der Waals surface area (Å²) < 4.78 is 13.7. The fourth-order valence-corrected chi connectivity index (χ4v) is 12.0. The molecule has 0 fully saturated rings. The molecule has 0 bridgehead atoms. The van der Waals surface area contributed by atoms with Crippen molar-refractivity contribution >= 4 is 0 Å². The fraction of sp³-hybridized carbons (Fsp3) is 0.143. The van der Waals surface area contributed by atoms with Gasteiger partial charge in [0.1, 0.15) is 81.2 Å². The molecule has 2 aliphatic carbocycles. The van der Waals surface area contributed by atoms with Gasteiger partial charge in [0.2, 0.25) is 0 Å². The summed E-state index contributed by atoms with van der Waals surface area (Å²) >= 11 is 0. The van der Waals surface area contributed by atoms with Crippen LogP contribution in [0.4, 0.5) is 0 Å². The van der Waals surface area contributed by atoms with Crippen LogP contribution < -0.4 is 9.47 Å². The van der Waals surface area contributed by atoms with Gasteiger partial charge < -0.3 is 60.5 Å². The van der Waals surface area contributed by atoms with Gasteiger partial charge in [0, 0.05) is 70.2 Å². The third-order valence-electron chi connectivity index (χ3n) is 14.5. The molecule has 8 aromatic rings. The van der Waals surface area contributed by atoms with Gasteiger partial charge in [-0.15, -0.1) is 0 Å². The summed E-state index contributed by atoms with van der Waals surface area (Å²) in [5, 5.41) is 114. The van der Waals surface area contributed by atoms with Crippen molar-refractivity contribution in [2.45, 2.75) is 47.7 Å². The number of benzene rings is 8. The Bertz CT molecular complexity index is 3110. The standard InChI is InChI=1S/C56H42O12/c57-29-9-1-25(2-10-29)45-47-37(17-33(61)21-41(47)65)53-49-39(19-35(63)23-43(49)67-55(53)27-5-13-31(59)14-6-27)51(45)52-40-20-36(64)24-44-50(40)54(56(68-44)28-7-15-32(60)16-8-28)38-18-34(62)22-42(66)48(38)46(52)26-3-11-30(58)12-4-26/h1-24,45-46,51-66H/t45-,46+,51-,52-,53+,54-,55-,56+/m0/s1. The molecule has 8 atom stereocenters. The fourth-order valence-electron chi connectivity index (χ4n) is 12.0. The van der Waals surface area contributed by atoms with Gasteiger partial charge in [0.25, 0.3) is 0 Å². The van der Waals surface area contributed by atoms with Gasteiger partial charge in [0.15, 0.2) is 0 Å². The van der Waals surface area contributed by atoms with Crippen LogP contribution in [-0.2, 0) is 0 Å². The minimum atomic E-state index is -0.918. The second-order valence-electron chi connectivity index (χ2n) is 18.2. The van der Waals surface area contributed by atoms with Gasteiger partial charge in [-0.1, -0.05) is 48.5 Å². The number of ether oxygens (including phenoxy) is 2. The highest BCUT2D eigenvalue weighted by Gasteiger charge is 2.55. The number of aromatic hydroxyl groups is 10. The monoisotopic (exact) mass is 906 g/mol. The molecule has 12 rings (SSSR count). The molecule has 12 nitrogen and oxygen atoms in total. The minimum Gasteiger partial charge on any atom is -0.508 e. The number of hydrogen-bond donors (Lipinski definition) is 10. The molecular formula is C56H42O12. The van der Waals surface area contributed by atoms with Gasteiger partial charge >= 0.3 is 0 Å². The topological polar surface area (TPSA) is 221 Å². The first-order chi connectivity index (χ1) is 32.8. The van der Waals surface area contributed by atoms with E-state index in [4.69, 9.17) is 9.47 Å². The lowest BCUT2D eigenvalue weighted by molar-refractivity contribution is 0.221. The molecule has 338 valence electrons. The summed E-state index contributed by atoms with van der Waals surface area (Å²) in [4.78, 5) is 0. The second-order valence-corrected chi connectivity index (χ2v) is 18.2. The molecule has 2 heterocycles. The Morgan fingerprint density at radius 2 is 0.559 bits per heavy atom. The van der Waals surface area contributed by atoms with Crippen LogP contribution in [0.1, 0.15) is 114 Å². The lowest BCUT2D eigenvalue weighted by Crippen LogP contribution is -2.26. The molecule has 0 saturated heterocycles. The van der Waals surface area contributed by atoms with Crippen LogP contribution in [0, 0.1) is 0 Å². The highest BCUT2D eigenvalue weighted by Crippen LogP contribution is 2.69. The lowest BCUT2D eigenvalue weighted by atomic mass is 9.62. The summed E-state index contributed by atoms with van der Waals surface area (Å²) in [6, 6.07) is 38.4. The lowest BCUT2D eigenvalue weighted by Gasteiger charge is -2.40. The maximum atomic E-state index is 12.5. The Morgan fingerprint density at radius 1 is 0.265 bits per heavy atom. The quantitative estimate of drug-likeness (QED) is 0.0780. The van der Waals surface area contributed by atoms with Crippen molar-refractivity contribution in [2.75, 3.05) is 0 Å². The average molecular weight is 907 g/mol. The maximum Gasteiger partial charge on any atom is 0.135 e. The second kappa shape index (κ2) is 14.9. The van der Waals surface area contributed by atoms with E-state index in [2.05, 4.69) is 0 Å². The molecule has 68 heavy (non-hydrogen) atoms. The number of rotatable bonds is 5. The number of fused-ring (bicyclic) bond motifs is 4. The van der Waals surface area contributed by atoms with Gasteiger partial charge in [0.05, 0.1) is 11.8 Å². The predicted molar refractivity (Wildman–Crippen MR) is 248 cm³/mol. The van der Waals surface area contributed by atoms with Gasteiger partial charge in [-0.3, -0.25) is 0 Å². The maximum absolute atomic E-state index is 12.5. The molecule has 10 N–H and O–H groups in total. The first-order valence-electron chi connectivity index (χ1n) is 22.2. The third kappa shape index (κ3) is 6.20. The molecule has 0 saturated carbocycles. The Labute approximate surface area is 388 Å². The first kappa shape index (κ1) is 40.8. The third-order valence-corrected chi connectivity index (χ3v) is 14.5. The summed E-state index contributed by atoms with van der Waals surface area (Å²) in [6.45, 7) is 0. The smallest absolute Gasteiger partial charge is 0.135 e. The molecule has 8 aromatic carbocycles. The van der Waals surface area contributed by atoms with Gasteiger partial charge in [-0.2, -0.15) is 0 Å². The zero-order valence-corrected chi connectivity index (χ0v) is 35.8. The van der Waals surface area contributed by atoms with Crippen LogP contribution in [0.3, 0.4) is 0 Å². The highest BCUT2D eigenvalue weighted by atomic mass is 16.5. The van der Waals surface area contributed by atoms with E-state index in [0.29, 0.717) is 78.3 Å². The zero-order valence-electron chi connectivity index (χ0n) is 35.8. The normalized spacial score (nSPS) is 22.6. The van der Waals surface area contributed by atoms with Crippen LogP contribution in [0.5, 0.6) is 69.0 Å². The summed E-state index contributed by atoms with van der Waals surface area (Å²) in [6.07, 6.45) is -1.62. The van der Waals surface area contributed by atoms with E-state index < -0.39 is 47.7 Å². The van der Waals surface area contributed by atoms with E-state index in [1.807, 2.05) is 0 Å². The average Bonchev–Trinajstić information content (AvgIpc) is 3.81. The number of hydrogen-bond acceptors (Lipinski definition) is 12. The van der Waals surface area contributed by atoms with Crippen LogP contribution in [0.25, 0.3) is 0 Å². The minimum absolute atomic E-state index is 0.0182. The Kier molecular flexibility index (Phi) is 8.97. The van der Waals surface area contributed by atoms with Crippen LogP contribution in [-0.4, -0.2) is 51.1 Å². The zero-order chi connectivity index (χ0) is 46.9. The summed E-state index contributed by atoms with van der Waals surface area (Å²) in [5.41, 5.74) is 6.75. The molecule has 12 heteroatoms. The van der Waals surface area contributed by atoms with E-state index in [-0.39, 0.29) is 57.5 Å². The number of phenols is 10. The van der Waals surface area contributed by atoms with Crippen molar-refractivity contribution in [1.29, 1.82) is 0 Å². The van der Waals surface area contributed by atoms with Crippen molar-refractivity contribution in [2.24, 2.45) is 0 Å². The Morgan fingerprint density at radius 3 is 0.897 bits per heavy atom. The van der Waals surface area contributed by atoms with E-state index in [1.165, 1.54) is 24.3 Å². The number of phenolic OH excluding ortho intramolecular Hbond substituents is 10. The molecule has 4 aliphatic rings. The van der Waals surface area contributed by atoms with Crippen molar-refractivity contribution in [3.05, 3.63) is 212 Å². The highest BCUT2D eigenvalue weighted by molar-refractivity contribution is 5.71. The largest absolute Gasteiger partial charge is 0.508 e. The Balaban J connectivity index is 1.25. The molecule has 0 aromatic heterocycles. The van der Waals surface area contributed by atoms with Crippen LogP contribution in [0.15, 0.2) is 146 Å². The Hall–Kier alpha value is -8.64. The molecule has 0 spiro atoms. The molecule has 0 unspecified atom stereocenters. The van der Waals surface area contributed by atoms with Crippen LogP contribution in [0.2, 0.25) is 0 Å². The summed E-state index contributed by atoms with van der Waals surface area (Å²) in [7, 11) is 0. The molecule has 2 aliphatic heterocycles. The molecular weight excluding hydrogens is 865 g/mol. The van der Waals surface area contributed by atoms with E-state index in [1.54, 1.807) is 121 Å². The van der Waals surface area contributed by atoms with Gasteiger partial charge in [-0.05, 0) is 117 Å².